The summed E-state index contributed by atoms with van der Waals surface area (Å²) in [5.41, 5.74) is 0.828. The van der Waals surface area contributed by atoms with E-state index in [1.54, 1.807) is 12.1 Å². The van der Waals surface area contributed by atoms with Crippen LogP contribution in [0.3, 0.4) is 0 Å². The lowest BCUT2D eigenvalue weighted by Crippen LogP contribution is -2.41. The van der Waals surface area contributed by atoms with Gasteiger partial charge in [-0.15, -0.1) is 0 Å². The van der Waals surface area contributed by atoms with Gasteiger partial charge in [0.05, 0.1) is 11.8 Å². The minimum atomic E-state index is -0.391. The molecule has 1 atom stereocenters. The van der Waals surface area contributed by atoms with Crippen LogP contribution in [0, 0.1) is 5.82 Å². The summed E-state index contributed by atoms with van der Waals surface area (Å²) in [6.07, 6.45) is 9.03. The summed E-state index contributed by atoms with van der Waals surface area (Å²) in [6, 6.07) is 6.18. The lowest BCUT2D eigenvalue weighted by molar-refractivity contribution is -0.121. The van der Waals surface area contributed by atoms with Crippen molar-refractivity contribution in [2.24, 2.45) is 0 Å². The number of hydrogen-bond donors (Lipinski definition) is 1. The van der Waals surface area contributed by atoms with E-state index in [-0.39, 0.29) is 41.0 Å². The largest absolute Gasteiger partial charge is 0.352 e. The number of carbonyl (C=O) groups is 1. The van der Waals surface area contributed by atoms with Gasteiger partial charge in [0.2, 0.25) is 5.91 Å². The molecule has 1 aliphatic rings. The first-order valence-electron chi connectivity index (χ1n) is 11.0. The van der Waals surface area contributed by atoms with Crippen LogP contribution in [0.5, 0.6) is 0 Å². The summed E-state index contributed by atoms with van der Waals surface area (Å²) in [4.78, 5) is 39.1. The first-order valence-corrected chi connectivity index (χ1v) is 11.9. The number of fused-ring (bicyclic) bond motifs is 1. The van der Waals surface area contributed by atoms with E-state index in [1.165, 1.54) is 47.3 Å². The first kappa shape index (κ1) is 22.4. The molecule has 2 heterocycles. The van der Waals surface area contributed by atoms with Crippen LogP contribution >= 0.6 is 11.8 Å². The van der Waals surface area contributed by atoms with E-state index >= 15 is 0 Å². The van der Waals surface area contributed by atoms with Gasteiger partial charge in [0.15, 0.2) is 16.3 Å². The molecule has 9 heteroatoms. The number of thioether (sulfide) groups is 1. The highest BCUT2D eigenvalue weighted by atomic mass is 32.2. The molecule has 1 aromatic carbocycles. The molecule has 1 fully saturated rings. The van der Waals surface area contributed by atoms with Crippen LogP contribution in [-0.2, 0) is 11.3 Å². The minimum Gasteiger partial charge on any atom is -0.352 e. The fourth-order valence-corrected chi connectivity index (χ4v) is 4.93. The average Bonchev–Trinajstić information content (AvgIpc) is 2.81. The zero-order valence-electron chi connectivity index (χ0n) is 18.0. The van der Waals surface area contributed by atoms with E-state index in [1.807, 2.05) is 6.92 Å². The molecule has 3 aromatic rings. The van der Waals surface area contributed by atoms with Gasteiger partial charge in [0.1, 0.15) is 5.82 Å². The average molecular weight is 456 g/mol. The lowest BCUT2D eigenvalue weighted by atomic mass is 9.95. The molecule has 0 bridgehead atoms. The van der Waals surface area contributed by atoms with Crippen molar-refractivity contribution in [2.45, 2.75) is 68.4 Å². The van der Waals surface area contributed by atoms with E-state index in [0.717, 1.165) is 31.2 Å². The van der Waals surface area contributed by atoms with Crippen molar-refractivity contribution in [3.05, 3.63) is 58.4 Å². The molecular weight excluding hydrogens is 429 g/mol. The molecule has 7 nitrogen and oxygen atoms in total. The van der Waals surface area contributed by atoms with Crippen LogP contribution in [0.1, 0.15) is 51.0 Å². The van der Waals surface area contributed by atoms with Gasteiger partial charge >= 0.3 is 0 Å². The fraction of sp³-hybridized carbons (Fsp3) is 0.435. The van der Waals surface area contributed by atoms with Crippen LogP contribution in [0.4, 0.5) is 4.39 Å². The molecule has 4 rings (SSSR count). The topological polar surface area (TPSA) is 89.8 Å². The van der Waals surface area contributed by atoms with E-state index in [0.29, 0.717) is 11.6 Å². The number of halogens is 1. The van der Waals surface area contributed by atoms with Crippen molar-refractivity contribution in [2.75, 3.05) is 0 Å². The maximum atomic E-state index is 13.3. The molecule has 1 saturated carbocycles. The Morgan fingerprint density at radius 3 is 2.62 bits per heavy atom. The number of carbonyl (C=O) groups excluding carboxylic acids is 1. The van der Waals surface area contributed by atoms with Gasteiger partial charge in [-0.1, -0.05) is 50.1 Å². The molecule has 1 N–H and O–H groups in total. The van der Waals surface area contributed by atoms with Crippen molar-refractivity contribution < 1.29 is 9.18 Å². The minimum absolute atomic E-state index is 0.0359. The number of rotatable bonds is 7. The third kappa shape index (κ3) is 5.15. The summed E-state index contributed by atoms with van der Waals surface area (Å²) in [7, 11) is 0. The summed E-state index contributed by atoms with van der Waals surface area (Å²) in [6.45, 7) is 2.14. The second-order valence-electron chi connectivity index (χ2n) is 8.00. The molecule has 0 unspecified atom stereocenters. The Hall–Kier alpha value is -2.81. The zero-order valence-corrected chi connectivity index (χ0v) is 18.8. The van der Waals surface area contributed by atoms with Crippen molar-refractivity contribution in [1.82, 2.24) is 24.8 Å². The van der Waals surface area contributed by atoms with Crippen molar-refractivity contribution >= 4 is 28.8 Å². The Morgan fingerprint density at radius 2 is 1.91 bits per heavy atom. The van der Waals surface area contributed by atoms with E-state index < -0.39 is 5.25 Å². The summed E-state index contributed by atoms with van der Waals surface area (Å²) in [5.74, 6) is -0.380. The van der Waals surface area contributed by atoms with Gasteiger partial charge in [-0.3, -0.25) is 14.2 Å². The van der Waals surface area contributed by atoms with Crippen molar-refractivity contribution in [3.8, 4) is 0 Å². The third-order valence-electron chi connectivity index (χ3n) is 5.68. The van der Waals surface area contributed by atoms with E-state index in [4.69, 9.17) is 0 Å². The number of benzene rings is 1. The van der Waals surface area contributed by atoms with Crippen molar-refractivity contribution in [3.63, 3.8) is 0 Å². The number of hydrogen-bond acceptors (Lipinski definition) is 6. The van der Waals surface area contributed by atoms with Gasteiger partial charge in [-0.25, -0.2) is 19.3 Å². The fourth-order valence-electron chi connectivity index (χ4n) is 3.92. The maximum absolute atomic E-state index is 13.3. The number of aromatic nitrogens is 4. The maximum Gasteiger partial charge on any atom is 0.282 e. The standard InChI is InChI=1S/C23H26FN5O2S/c1-2-18(21(30)27-17-6-4-3-5-7-17)32-23-28-20-19(25-12-13-26-20)22(31)29(23)14-15-8-10-16(24)11-9-15/h8-13,17-18H,2-7,14H2,1H3,(H,27,30)/t18-/m1/s1. The zero-order chi connectivity index (χ0) is 22.5. The molecular formula is C23H26FN5O2S. The van der Waals surface area contributed by atoms with Gasteiger partial charge in [0.25, 0.3) is 5.56 Å². The summed E-state index contributed by atoms with van der Waals surface area (Å²) >= 11 is 1.26. The Bertz CT molecular complexity index is 1150. The van der Waals surface area contributed by atoms with E-state index in [2.05, 4.69) is 20.3 Å². The van der Waals surface area contributed by atoms with Crippen molar-refractivity contribution in [1.29, 1.82) is 0 Å². The molecule has 0 radical (unpaired) electrons. The molecule has 1 aliphatic carbocycles. The van der Waals surface area contributed by atoms with Gasteiger partial charge in [-0.2, -0.15) is 0 Å². The number of nitrogens with zero attached hydrogens (tertiary/aromatic N) is 4. The Morgan fingerprint density at radius 1 is 1.19 bits per heavy atom. The third-order valence-corrected chi connectivity index (χ3v) is 7.03. The number of nitrogens with one attached hydrogen (secondary N) is 1. The van der Waals surface area contributed by atoms with Crippen LogP contribution in [-0.4, -0.2) is 36.7 Å². The van der Waals surface area contributed by atoms with Crippen LogP contribution in [0.2, 0.25) is 0 Å². The molecule has 2 aromatic heterocycles. The highest BCUT2D eigenvalue weighted by Crippen LogP contribution is 2.26. The first-order chi connectivity index (χ1) is 15.5. The quantitative estimate of drug-likeness (QED) is 0.432. The van der Waals surface area contributed by atoms with Crippen LogP contribution in [0.25, 0.3) is 11.2 Å². The highest BCUT2D eigenvalue weighted by Gasteiger charge is 2.25. The second-order valence-corrected chi connectivity index (χ2v) is 9.17. The molecule has 0 aliphatic heterocycles. The normalized spacial score (nSPS) is 15.6. The molecule has 0 saturated heterocycles. The molecule has 168 valence electrons. The number of amides is 1. The van der Waals surface area contributed by atoms with Gasteiger partial charge < -0.3 is 5.32 Å². The summed E-state index contributed by atoms with van der Waals surface area (Å²) < 4.78 is 14.8. The van der Waals surface area contributed by atoms with Crippen LogP contribution in [0.15, 0.2) is 46.6 Å². The monoisotopic (exact) mass is 455 g/mol. The molecule has 0 spiro atoms. The molecule has 1 amide bonds. The Kier molecular flexibility index (Phi) is 7.14. The van der Waals surface area contributed by atoms with Gasteiger partial charge in [-0.05, 0) is 37.0 Å². The van der Waals surface area contributed by atoms with E-state index in [9.17, 15) is 14.0 Å². The lowest BCUT2D eigenvalue weighted by Gasteiger charge is -2.25. The van der Waals surface area contributed by atoms with Crippen LogP contribution < -0.4 is 10.9 Å². The smallest absolute Gasteiger partial charge is 0.282 e. The molecule has 32 heavy (non-hydrogen) atoms. The summed E-state index contributed by atoms with van der Waals surface area (Å²) in [5, 5.41) is 3.18. The highest BCUT2D eigenvalue weighted by molar-refractivity contribution is 8.00. The Balaban J connectivity index is 1.65. The predicted molar refractivity (Wildman–Crippen MR) is 122 cm³/mol. The predicted octanol–water partition coefficient (Wildman–Crippen LogP) is 3.69. The Labute approximate surface area is 189 Å². The SMILES string of the molecule is CC[C@@H](Sc1nc2nccnc2c(=O)n1Cc1ccc(F)cc1)C(=O)NC1CCCCC1. The second kappa shape index (κ2) is 10.2. The van der Waals surface area contributed by atoms with Gasteiger partial charge in [0, 0.05) is 18.4 Å².